The van der Waals surface area contributed by atoms with E-state index in [1.165, 1.54) is 11.1 Å². The van der Waals surface area contributed by atoms with Crippen molar-refractivity contribution >= 4 is 11.8 Å². The molecule has 34 heavy (non-hydrogen) atoms. The number of hydrogen-bond acceptors (Lipinski definition) is 4. The molecule has 2 aromatic heterocycles. The second kappa shape index (κ2) is 9.41. The van der Waals surface area contributed by atoms with E-state index < -0.39 is 0 Å². The number of aromatic nitrogens is 3. The number of benzene rings is 1. The Kier molecular flexibility index (Phi) is 6.18. The zero-order valence-corrected chi connectivity index (χ0v) is 19.9. The van der Waals surface area contributed by atoms with Gasteiger partial charge in [-0.1, -0.05) is 44.2 Å². The van der Waals surface area contributed by atoms with Gasteiger partial charge < -0.3 is 9.80 Å². The summed E-state index contributed by atoms with van der Waals surface area (Å²) < 4.78 is 1.92. The lowest BCUT2D eigenvalue weighted by molar-refractivity contribution is -0.132. The fourth-order valence-electron chi connectivity index (χ4n) is 4.95. The molecule has 0 unspecified atom stereocenters. The van der Waals surface area contributed by atoms with E-state index in [4.69, 9.17) is 5.10 Å². The van der Waals surface area contributed by atoms with E-state index in [0.717, 1.165) is 23.4 Å². The molecule has 7 heteroatoms. The van der Waals surface area contributed by atoms with E-state index in [0.29, 0.717) is 57.2 Å². The Morgan fingerprint density at radius 2 is 1.71 bits per heavy atom. The van der Waals surface area contributed by atoms with Gasteiger partial charge in [-0.2, -0.15) is 5.10 Å². The van der Waals surface area contributed by atoms with Crippen molar-refractivity contribution in [3.05, 3.63) is 82.4 Å². The van der Waals surface area contributed by atoms with Crippen LogP contribution in [0.2, 0.25) is 0 Å². The predicted molar refractivity (Wildman–Crippen MR) is 129 cm³/mol. The van der Waals surface area contributed by atoms with Crippen LogP contribution in [-0.4, -0.2) is 49.5 Å². The highest BCUT2D eigenvalue weighted by atomic mass is 16.2. The molecule has 0 radical (unpaired) electrons. The first-order chi connectivity index (χ1) is 16.5. The Morgan fingerprint density at radius 1 is 0.941 bits per heavy atom. The van der Waals surface area contributed by atoms with Crippen LogP contribution in [0.25, 0.3) is 0 Å². The van der Waals surface area contributed by atoms with E-state index in [9.17, 15) is 9.59 Å². The Morgan fingerprint density at radius 3 is 2.47 bits per heavy atom. The third kappa shape index (κ3) is 4.47. The van der Waals surface area contributed by atoms with Crippen LogP contribution in [0, 0.1) is 5.92 Å². The molecule has 3 aromatic rings. The van der Waals surface area contributed by atoms with Crippen LogP contribution in [-0.2, 0) is 37.3 Å². The highest BCUT2D eigenvalue weighted by molar-refractivity contribution is 5.94. The van der Waals surface area contributed by atoms with E-state index >= 15 is 0 Å². The molecule has 2 aliphatic rings. The second-order valence-electron chi connectivity index (χ2n) is 9.66. The predicted octanol–water partition coefficient (Wildman–Crippen LogP) is 3.46. The fourth-order valence-corrected chi connectivity index (χ4v) is 4.95. The Labute approximate surface area is 200 Å². The van der Waals surface area contributed by atoms with Crippen molar-refractivity contribution in [3.8, 4) is 0 Å². The first-order valence-electron chi connectivity index (χ1n) is 12.1. The highest BCUT2D eigenvalue weighted by Crippen LogP contribution is 2.27. The molecule has 0 atom stereocenters. The lowest BCUT2D eigenvalue weighted by Crippen LogP contribution is -2.39. The van der Waals surface area contributed by atoms with Crippen LogP contribution in [0.3, 0.4) is 0 Å². The number of fused-ring (bicyclic) bond motifs is 2. The first kappa shape index (κ1) is 22.3. The minimum Gasteiger partial charge on any atom is -0.338 e. The molecular weight excluding hydrogens is 426 g/mol. The number of amides is 2. The van der Waals surface area contributed by atoms with Crippen molar-refractivity contribution < 1.29 is 9.59 Å². The summed E-state index contributed by atoms with van der Waals surface area (Å²) in [5.74, 6) is 0.391. The monoisotopic (exact) mass is 457 g/mol. The molecule has 0 saturated carbocycles. The molecule has 5 rings (SSSR count). The van der Waals surface area contributed by atoms with Gasteiger partial charge in [0.05, 0.1) is 12.2 Å². The molecule has 1 aromatic carbocycles. The maximum absolute atomic E-state index is 13.7. The normalized spacial score (nSPS) is 15.3. The number of carbonyl (C=O) groups is 2. The van der Waals surface area contributed by atoms with Gasteiger partial charge in [0.2, 0.25) is 5.91 Å². The zero-order valence-electron chi connectivity index (χ0n) is 19.9. The molecule has 0 N–H and O–H groups in total. The molecule has 2 amide bonds. The molecule has 0 spiro atoms. The summed E-state index contributed by atoms with van der Waals surface area (Å²) >= 11 is 0. The standard InChI is InChI=1S/C27H31N5O2/c1-19(2)15-25(33)30-14-11-24-23(18-30)26(29-32(24)17-22-9-5-6-12-28-22)27(34)31-13-10-20-7-3-4-8-21(20)16-31/h3-9,12,19H,10-11,13-18H2,1-2H3. The van der Waals surface area contributed by atoms with E-state index in [-0.39, 0.29) is 11.8 Å². The van der Waals surface area contributed by atoms with Gasteiger partial charge in [-0.05, 0) is 35.6 Å². The average molecular weight is 458 g/mol. The van der Waals surface area contributed by atoms with Gasteiger partial charge >= 0.3 is 0 Å². The number of hydrogen-bond donors (Lipinski definition) is 0. The van der Waals surface area contributed by atoms with Crippen LogP contribution >= 0.6 is 0 Å². The van der Waals surface area contributed by atoms with Crippen molar-refractivity contribution in [1.82, 2.24) is 24.6 Å². The minimum atomic E-state index is -0.0521. The average Bonchev–Trinajstić information content (AvgIpc) is 3.21. The molecular formula is C27H31N5O2. The number of nitrogens with zero attached hydrogens (tertiary/aromatic N) is 5. The maximum atomic E-state index is 13.7. The summed E-state index contributed by atoms with van der Waals surface area (Å²) in [7, 11) is 0. The van der Waals surface area contributed by atoms with Crippen molar-refractivity contribution in [2.24, 2.45) is 5.92 Å². The first-order valence-corrected chi connectivity index (χ1v) is 12.1. The fraction of sp³-hybridized carbons (Fsp3) is 0.407. The summed E-state index contributed by atoms with van der Waals surface area (Å²) in [6, 6.07) is 14.1. The Hall–Kier alpha value is -3.48. The van der Waals surface area contributed by atoms with Crippen LogP contribution in [0.15, 0.2) is 48.7 Å². The molecule has 0 bridgehead atoms. The van der Waals surface area contributed by atoms with Crippen molar-refractivity contribution in [2.45, 2.75) is 52.7 Å². The molecule has 7 nitrogen and oxygen atoms in total. The third-order valence-corrected chi connectivity index (χ3v) is 6.73. The van der Waals surface area contributed by atoms with Crippen LogP contribution in [0.4, 0.5) is 0 Å². The minimum absolute atomic E-state index is 0.0521. The Balaban J connectivity index is 1.46. The Bertz CT molecular complexity index is 1200. The van der Waals surface area contributed by atoms with Gasteiger partial charge in [-0.15, -0.1) is 0 Å². The number of rotatable bonds is 5. The summed E-state index contributed by atoms with van der Waals surface area (Å²) in [4.78, 5) is 34.8. The van der Waals surface area contributed by atoms with Gasteiger partial charge in [-0.3, -0.25) is 19.3 Å². The summed E-state index contributed by atoms with van der Waals surface area (Å²) in [5.41, 5.74) is 5.81. The van der Waals surface area contributed by atoms with Gasteiger partial charge in [0, 0.05) is 56.5 Å². The second-order valence-corrected chi connectivity index (χ2v) is 9.66. The van der Waals surface area contributed by atoms with Gasteiger partial charge in [0.1, 0.15) is 0 Å². The summed E-state index contributed by atoms with van der Waals surface area (Å²) in [6.07, 6.45) is 3.82. The van der Waals surface area contributed by atoms with Gasteiger partial charge in [0.15, 0.2) is 5.69 Å². The largest absolute Gasteiger partial charge is 0.338 e. The molecule has 176 valence electrons. The van der Waals surface area contributed by atoms with Crippen molar-refractivity contribution in [1.29, 1.82) is 0 Å². The molecule has 2 aliphatic heterocycles. The molecule has 4 heterocycles. The quantitative estimate of drug-likeness (QED) is 0.588. The third-order valence-electron chi connectivity index (χ3n) is 6.73. The van der Waals surface area contributed by atoms with E-state index in [1.54, 1.807) is 6.20 Å². The smallest absolute Gasteiger partial charge is 0.275 e. The number of carbonyl (C=O) groups excluding carboxylic acids is 2. The van der Waals surface area contributed by atoms with Crippen molar-refractivity contribution in [3.63, 3.8) is 0 Å². The molecule has 0 saturated heterocycles. The highest BCUT2D eigenvalue weighted by Gasteiger charge is 2.33. The van der Waals surface area contributed by atoms with E-state index in [2.05, 4.69) is 37.0 Å². The summed E-state index contributed by atoms with van der Waals surface area (Å²) in [5, 5.41) is 4.82. The number of pyridine rings is 1. The topological polar surface area (TPSA) is 71.3 Å². The summed E-state index contributed by atoms with van der Waals surface area (Å²) in [6.45, 7) is 6.98. The van der Waals surface area contributed by atoms with Gasteiger partial charge in [0.25, 0.3) is 5.91 Å². The lowest BCUT2D eigenvalue weighted by Gasteiger charge is -2.30. The SMILES string of the molecule is CC(C)CC(=O)N1CCc2c(c(C(=O)N3CCc4ccccc4C3)nn2Cc2ccccn2)C1. The maximum Gasteiger partial charge on any atom is 0.275 e. The van der Waals surface area contributed by atoms with E-state index in [1.807, 2.05) is 38.7 Å². The van der Waals surface area contributed by atoms with Crippen molar-refractivity contribution in [2.75, 3.05) is 13.1 Å². The van der Waals surface area contributed by atoms with Crippen LogP contribution in [0.5, 0.6) is 0 Å². The lowest BCUT2D eigenvalue weighted by atomic mass is 9.98. The van der Waals surface area contributed by atoms with Crippen LogP contribution < -0.4 is 0 Å². The molecule has 0 aliphatic carbocycles. The molecule has 0 fully saturated rings. The van der Waals surface area contributed by atoms with Gasteiger partial charge in [-0.25, -0.2) is 0 Å². The zero-order chi connectivity index (χ0) is 23.7. The van der Waals surface area contributed by atoms with Crippen LogP contribution in [0.1, 0.15) is 58.8 Å².